The van der Waals surface area contributed by atoms with Crippen LogP contribution in [0.1, 0.15) is 169 Å². The number of anilines is 8. The predicted octanol–water partition coefficient (Wildman–Crippen LogP) is 22.7. The van der Waals surface area contributed by atoms with E-state index in [0.717, 1.165) is 234 Å². The van der Waals surface area contributed by atoms with Crippen molar-refractivity contribution in [2.45, 2.75) is 173 Å². The second-order valence-corrected chi connectivity index (χ2v) is 35.5. The van der Waals surface area contributed by atoms with Gasteiger partial charge in [0, 0.05) is 188 Å². The van der Waals surface area contributed by atoms with Crippen molar-refractivity contribution in [3.8, 4) is 0 Å². The van der Waals surface area contributed by atoms with Gasteiger partial charge >= 0.3 is 24.3 Å². The number of benzene rings is 10. The molecule has 2 atom stereocenters. The lowest BCUT2D eigenvalue weighted by Crippen LogP contribution is -2.33. The molecule has 0 spiro atoms. The third kappa shape index (κ3) is 25.0. The summed E-state index contributed by atoms with van der Waals surface area (Å²) < 4.78 is 118. The van der Waals surface area contributed by atoms with E-state index in [-0.39, 0.29) is 35.6 Å². The summed E-state index contributed by atoms with van der Waals surface area (Å²) in [6.07, 6.45) is 9.03. The Kier molecular flexibility index (Phi) is 31.4. The summed E-state index contributed by atoms with van der Waals surface area (Å²) in [4.78, 5) is 65.2. The quantitative estimate of drug-likeness (QED) is 0.0283. The molecule has 7 aliphatic rings. The number of hydrogen-bond donors (Lipinski definition) is 7. The van der Waals surface area contributed by atoms with E-state index in [2.05, 4.69) is 184 Å². The number of carbonyl (C=O) groups excluding carboxylic acids is 5. The van der Waals surface area contributed by atoms with E-state index in [1.54, 1.807) is 13.1 Å². The van der Waals surface area contributed by atoms with Crippen LogP contribution in [0.4, 0.5) is 85.4 Å². The van der Waals surface area contributed by atoms with Gasteiger partial charge in [0.2, 0.25) is 23.6 Å². The molecule has 7 heterocycles. The van der Waals surface area contributed by atoms with E-state index < -0.39 is 41.9 Å². The number of nitrogens with one attached hydrogen (secondary N) is 6. The van der Waals surface area contributed by atoms with Gasteiger partial charge in [0.05, 0.1) is 18.8 Å². The summed E-state index contributed by atoms with van der Waals surface area (Å²) >= 11 is 0. The number of aryl methyl sites for hydroxylation is 2. The number of rotatable bonds is 24. The predicted molar refractivity (Wildman–Crippen MR) is 512 cm³/mol. The fraction of sp³-hybridized carbons (Fsp3) is 0.355. The van der Waals surface area contributed by atoms with Crippen molar-refractivity contribution in [2.24, 2.45) is 11.8 Å². The first-order chi connectivity index (χ1) is 64.7. The topological polar surface area (TPSA) is 216 Å². The molecule has 19 nitrogen and oxygen atoms in total. The van der Waals surface area contributed by atoms with Gasteiger partial charge in [-0.25, -0.2) is 4.79 Å². The van der Waals surface area contributed by atoms with Gasteiger partial charge in [-0.3, -0.25) is 19.2 Å². The lowest BCUT2D eigenvalue weighted by atomic mass is 9.97. The van der Waals surface area contributed by atoms with Gasteiger partial charge in [-0.1, -0.05) is 142 Å². The van der Waals surface area contributed by atoms with Gasteiger partial charge in [-0.15, -0.1) is 0 Å². The van der Waals surface area contributed by atoms with Crippen molar-refractivity contribution in [3.63, 3.8) is 0 Å². The fourth-order valence-electron chi connectivity index (χ4n) is 18.2. The van der Waals surface area contributed by atoms with E-state index >= 15 is 0 Å². The van der Waals surface area contributed by atoms with Crippen LogP contribution in [0.25, 0.3) is 21.8 Å². The Bertz CT molecular complexity index is 6020. The maximum Gasteiger partial charge on any atom is 0.458 e. The van der Waals surface area contributed by atoms with Crippen molar-refractivity contribution in [1.82, 2.24) is 14.5 Å². The first-order valence-corrected chi connectivity index (χ1v) is 46.4. The SMILES string of the molecule is CCC(=O)Nc1ccc2c(c1)CCN2Cc1ccc(C2CCOC2)cc1.CCCc1ccc(Cn2ccc3cc(NC(=O)C4CC4)ccc32)cc1.CNC(=O)Nc1ccc2c(ccn2Cc2ccc(C3CCOC3)cc2)c1.O=C(CO)Nc1ccc2c(c1)CCCN2Cc1ccc(C(F)(F)F)cc1.O=C(Nc1ccc2c(c1)CCN2Cc1ccc(C(F)(F)C(F)(F)F)cc1)C1CCCC1. The number of hydrogen-bond acceptors (Lipinski definition) is 11. The summed E-state index contributed by atoms with van der Waals surface area (Å²) in [5, 5.41) is 28.0. The molecule has 7 N–H and O–H groups in total. The van der Waals surface area contributed by atoms with E-state index in [9.17, 15) is 59.1 Å². The summed E-state index contributed by atoms with van der Waals surface area (Å²) in [5.74, 6) is -3.64. The molecule has 2 aromatic heterocycles. The first-order valence-electron chi connectivity index (χ1n) is 46.4. The minimum absolute atomic E-state index is 0.0584. The highest BCUT2D eigenvalue weighted by molar-refractivity contribution is 5.97. The zero-order valence-corrected chi connectivity index (χ0v) is 75.7. The first kappa shape index (κ1) is 95.8. The summed E-state index contributed by atoms with van der Waals surface area (Å²) in [5.41, 5.74) is 20.9. The third-order valence-corrected chi connectivity index (χ3v) is 25.8. The van der Waals surface area contributed by atoms with Gasteiger partial charge < -0.3 is 70.3 Å². The van der Waals surface area contributed by atoms with Crippen molar-refractivity contribution in [2.75, 3.05) is 101 Å². The summed E-state index contributed by atoms with van der Waals surface area (Å²) in [6.45, 7) is 13.1. The lowest BCUT2D eigenvalue weighted by Gasteiger charge is -2.32. The molecule has 0 bridgehead atoms. The molecule has 2 unspecified atom stereocenters. The van der Waals surface area contributed by atoms with E-state index in [1.807, 2.05) is 67.6 Å². The molecule has 2 aliphatic carbocycles. The largest absolute Gasteiger partial charge is 0.458 e. The number of carbonyl (C=O) groups is 5. The fourth-order valence-corrected chi connectivity index (χ4v) is 18.2. The van der Waals surface area contributed by atoms with Crippen LogP contribution in [0.5, 0.6) is 0 Å². The van der Waals surface area contributed by atoms with Gasteiger partial charge in [0.25, 0.3) is 0 Å². The number of aliphatic hydroxyl groups is 1. The average molecular weight is 1840 g/mol. The Morgan fingerprint density at radius 3 is 1.22 bits per heavy atom. The molecule has 2 saturated heterocycles. The Hall–Kier alpha value is -12.9. The Morgan fingerprint density at radius 1 is 0.403 bits per heavy atom. The zero-order valence-electron chi connectivity index (χ0n) is 75.7. The third-order valence-electron chi connectivity index (χ3n) is 25.8. The number of fused-ring (bicyclic) bond motifs is 5. The standard InChI is InChI=1S/C23H23F5N2O.C22H26N2O2.C22H24N2O.C21H23N3O2.C19H19F3N2O2/c24-22(25,23(26,27)28)18-7-5-15(6-8-18)14-30-12-11-17-13-19(9-10-20(17)30)29-21(31)16-3-1-2-4-16;1-2-22(25)23-20-7-8-21-18(13-20)9-11-24(21)14-16-3-5-17(6-4-16)19-10-12-26-15-19;1-2-3-16-4-6-17(7-5-16)15-24-13-12-19-14-20(10-11-21(19)24)23-22(25)18-8-9-18;1-22-21(25)23-19-6-7-20-17(12-19)8-10-24(20)13-15-2-4-16(5-3-15)18-9-11-26-14-18;20-19(21,22)15-5-3-13(4-6-15)11-24-9-1-2-14-10-16(7-8-17(14)24)23-18(26)12-25/h5-10,13,16H,1-4,11-12,14H2,(H,29,31);3-8,13,19H,2,9-12,14-15H2,1H3,(H,23,25);4-7,10-14,18H,2-3,8-9,15H2,1H3,(H,23,25);2-8,10,12,18H,9,11,13-14H2,1H3,(H2,22,23,25);3-8,10,25H,1-2,9,11-12H2,(H,23,26). The minimum atomic E-state index is -5.62. The lowest BCUT2D eigenvalue weighted by molar-refractivity contribution is -0.289. The average Bonchev–Trinajstić information content (AvgIpc) is 1.25. The van der Waals surface area contributed by atoms with Crippen LogP contribution in [0, 0.1) is 11.8 Å². The molecule has 4 fully saturated rings. The van der Waals surface area contributed by atoms with Crippen molar-refractivity contribution in [3.05, 3.63) is 309 Å². The molecule has 2 saturated carbocycles. The second-order valence-electron chi connectivity index (χ2n) is 35.5. The van der Waals surface area contributed by atoms with E-state index in [4.69, 9.17) is 14.6 Å². The molecule has 0 radical (unpaired) electrons. The minimum Gasteiger partial charge on any atom is -0.387 e. The van der Waals surface area contributed by atoms with E-state index in [0.29, 0.717) is 49.1 Å². The van der Waals surface area contributed by atoms with Gasteiger partial charge in [0.1, 0.15) is 6.61 Å². The van der Waals surface area contributed by atoms with Gasteiger partial charge in [0.15, 0.2) is 0 Å². The van der Waals surface area contributed by atoms with Crippen LogP contribution in [0.2, 0.25) is 0 Å². The summed E-state index contributed by atoms with van der Waals surface area (Å²) in [6, 6.07) is 69.9. The Labute approximate surface area is 776 Å². The molecule has 27 heteroatoms. The van der Waals surface area contributed by atoms with Crippen LogP contribution in [0.3, 0.4) is 0 Å². The van der Waals surface area contributed by atoms with Gasteiger partial charge in [-0.05, 0) is 247 Å². The molecular weight excluding hydrogens is 1720 g/mol. The van der Waals surface area contributed by atoms with Crippen molar-refractivity contribution in [1.29, 1.82) is 0 Å². The maximum absolute atomic E-state index is 13.5. The Morgan fingerprint density at radius 2 is 0.799 bits per heavy atom. The number of urea groups is 1. The molecule has 134 heavy (non-hydrogen) atoms. The zero-order chi connectivity index (χ0) is 94.0. The van der Waals surface area contributed by atoms with Crippen LogP contribution in [-0.2, 0) is 99.2 Å². The number of alkyl halides is 8. The van der Waals surface area contributed by atoms with Crippen LogP contribution in [-0.4, -0.2) is 110 Å². The number of ether oxygens (including phenoxy) is 2. The Balaban J connectivity index is 0.000000128. The normalized spacial score (nSPS) is 16.2. The number of aromatic nitrogens is 2. The molecule has 19 rings (SSSR count). The molecule has 10 aromatic carbocycles. The highest BCUT2D eigenvalue weighted by atomic mass is 19.4. The van der Waals surface area contributed by atoms with Crippen molar-refractivity contribution < 1.29 is 73.7 Å². The number of aliphatic hydroxyl groups excluding tert-OH is 1. The monoisotopic (exact) mass is 1830 g/mol. The number of nitrogens with zero attached hydrogens (tertiary/aromatic N) is 5. The van der Waals surface area contributed by atoms with Crippen molar-refractivity contribution >= 4 is 97.0 Å². The summed E-state index contributed by atoms with van der Waals surface area (Å²) in [7, 11) is 1.61. The second kappa shape index (κ2) is 43.9. The molecule has 702 valence electrons. The van der Waals surface area contributed by atoms with Crippen LogP contribution in [0.15, 0.2) is 237 Å². The highest BCUT2D eigenvalue weighted by Crippen LogP contribution is 2.45. The number of halogens is 8. The smallest absolute Gasteiger partial charge is 0.387 e. The van der Waals surface area contributed by atoms with Crippen LogP contribution < -0.4 is 46.6 Å². The number of amides is 6. The molecule has 12 aromatic rings. The molecule has 6 amide bonds. The maximum atomic E-state index is 13.5. The van der Waals surface area contributed by atoms with Gasteiger partial charge in [-0.2, -0.15) is 35.1 Å². The molecule has 5 aliphatic heterocycles. The highest BCUT2D eigenvalue weighted by Gasteiger charge is 2.58. The van der Waals surface area contributed by atoms with Crippen LogP contribution >= 0.6 is 0 Å². The van der Waals surface area contributed by atoms with E-state index in [1.165, 1.54) is 80.8 Å². The molecular formula is C107H115F8N11O8.